The summed E-state index contributed by atoms with van der Waals surface area (Å²) in [4.78, 5) is 14.6. The molecule has 0 spiro atoms. The number of hydrogen-bond acceptors (Lipinski definition) is 3. The van der Waals surface area contributed by atoms with Crippen molar-refractivity contribution in [2.45, 2.75) is 45.3 Å². The van der Waals surface area contributed by atoms with Crippen molar-refractivity contribution in [2.75, 3.05) is 26.2 Å². The number of hydrogen-bond donors (Lipinski definition) is 1. The fourth-order valence-corrected chi connectivity index (χ4v) is 3.33. The number of amides is 1. The van der Waals surface area contributed by atoms with Crippen LogP contribution in [0, 0.1) is 11.8 Å². The van der Waals surface area contributed by atoms with Crippen LogP contribution in [-0.4, -0.2) is 43.2 Å². The number of nitrogens with one attached hydrogen (secondary N) is 1. The zero-order chi connectivity index (χ0) is 16.8. The highest BCUT2D eigenvalue weighted by molar-refractivity contribution is 5.80. The van der Waals surface area contributed by atoms with E-state index in [0.717, 1.165) is 32.8 Å². The van der Waals surface area contributed by atoms with Gasteiger partial charge in [0.25, 0.3) is 0 Å². The van der Waals surface area contributed by atoms with Crippen molar-refractivity contribution in [3.63, 3.8) is 0 Å². The van der Waals surface area contributed by atoms with Gasteiger partial charge in [-0.2, -0.15) is 0 Å². The van der Waals surface area contributed by atoms with E-state index in [-0.39, 0.29) is 12.0 Å². The summed E-state index contributed by atoms with van der Waals surface area (Å²) in [6.45, 7) is 6.59. The molecule has 132 valence electrons. The summed E-state index contributed by atoms with van der Waals surface area (Å²) in [5.74, 6) is 1.28. The Hall–Kier alpha value is -1.39. The molecule has 2 aliphatic rings. The lowest BCUT2D eigenvalue weighted by molar-refractivity contribution is -0.132. The third kappa shape index (κ3) is 5.60. The summed E-state index contributed by atoms with van der Waals surface area (Å²) in [6.07, 6.45) is 4.60. The molecule has 1 aromatic carbocycles. The van der Waals surface area contributed by atoms with Crippen LogP contribution in [0.1, 0.15) is 38.2 Å². The largest absolute Gasteiger partial charge is 0.368 e. The van der Waals surface area contributed by atoms with Crippen molar-refractivity contribution >= 4 is 5.91 Å². The number of ether oxygens (including phenoxy) is 1. The fourth-order valence-electron chi connectivity index (χ4n) is 3.33. The molecule has 3 rings (SSSR count). The van der Waals surface area contributed by atoms with Gasteiger partial charge in [-0.15, -0.1) is 0 Å². The van der Waals surface area contributed by atoms with E-state index in [2.05, 4.69) is 40.5 Å². The first-order valence-corrected chi connectivity index (χ1v) is 9.36. The van der Waals surface area contributed by atoms with Gasteiger partial charge in [-0.25, -0.2) is 0 Å². The van der Waals surface area contributed by atoms with Gasteiger partial charge >= 0.3 is 0 Å². The van der Waals surface area contributed by atoms with Gasteiger partial charge in [0.1, 0.15) is 6.10 Å². The maximum Gasteiger partial charge on any atom is 0.248 e. The Labute approximate surface area is 145 Å². The summed E-state index contributed by atoms with van der Waals surface area (Å²) in [5, 5.41) is 3.09. The molecule has 1 saturated heterocycles. The first-order chi connectivity index (χ1) is 11.7. The second kappa shape index (κ2) is 8.63. The van der Waals surface area contributed by atoms with Gasteiger partial charge in [0.15, 0.2) is 0 Å². The van der Waals surface area contributed by atoms with Crippen molar-refractivity contribution in [1.82, 2.24) is 10.2 Å². The molecule has 1 aliphatic heterocycles. The van der Waals surface area contributed by atoms with Crippen molar-refractivity contribution in [2.24, 2.45) is 11.8 Å². The molecule has 4 heteroatoms. The van der Waals surface area contributed by atoms with Gasteiger partial charge in [0, 0.05) is 19.6 Å². The molecule has 1 N–H and O–H groups in total. The van der Waals surface area contributed by atoms with Crippen molar-refractivity contribution in [1.29, 1.82) is 0 Å². The van der Waals surface area contributed by atoms with Crippen LogP contribution in [0.5, 0.6) is 0 Å². The number of nitrogens with zero attached hydrogens (tertiary/aromatic N) is 1. The van der Waals surface area contributed by atoms with Crippen LogP contribution in [-0.2, 0) is 16.1 Å². The first kappa shape index (κ1) is 17.4. The molecule has 1 saturated carbocycles. The van der Waals surface area contributed by atoms with Crippen molar-refractivity contribution in [3.05, 3.63) is 35.9 Å². The van der Waals surface area contributed by atoms with Crippen molar-refractivity contribution < 1.29 is 9.53 Å². The zero-order valence-corrected chi connectivity index (χ0v) is 14.7. The van der Waals surface area contributed by atoms with Crippen LogP contribution < -0.4 is 5.32 Å². The Morgan fingerprint density at radius 1 is 1.25 bits per heavy atom. The summed E-state index contributed by atoms with van der Waals surface area (Å²) >= 11 is 0. The monoisotopic (exact) mass is 330 g/mol. The van der Waals surface area contributed by atoms with Gasteiger partial charge in [0.2, 0.25) is 5.91 Å². The quantitative estimate of drug-likeness (QED) is 0.797. The third-order valence-electron chi connectivity index (χ3n) is 5.07. The molecular weight excluding hydrogens is 300 g/mol. The number of piperidine rings is 1. The van der Waals surface area contributed by atoms with E-state index in [0.29, 0.717) is 11.8 Å². The van der Waals surface area contributed by atoms with E-state index >= 15 is 0 Å². The second-order valence-electron chi connectivity index (χ2n) is 7.39. The topological polar surface area (TPSA) is 41.6 Å². The Balaban J connectivity index is 1.37. The molecule has 2 atom stereocenters. The van der Waals surface area contributed by atoms with Gasteiger partial charge in [-0.1, -0.05) is 30.3 Å². The van der Waals surface area contributed by atoms with E-state index in [1.165, 1.54) is 31.2 Å². The second-order valence-corrected chi connectivity index (χ2v) is 7.39. The highest BCUT2D eigenvalue weighted by Crippen LogP contribution is 2.29. The number of carbonyl (C=O) groups is 1. The standard InChI is InChI=1S/C20H30N2O2/c1-16(24-15-18-9-10-18)20(23)21-12-19-8-5-11-22(14-19)13-17-6-3-2-4-7-17/h2-4,6-7,16,18-19H,5,8-15H2,1H3,(H,21,23)/t16-,19-/m1/s1. The Kier molecular flexibility index (Phi) is 6.27. The van der Waals surface area contributed by atoms with Crippen LogP contribution in [0.4, 0.5) is 0 Å². The number of rotatable bonds is 8. The zero-order valence-electron chi connectivity index (χ0n) is 14.7. The molecule has 4 nitrogen and oxygen atoms in total. The maximum absolute atomic E-state index is 12.1. The minimum atomic E-state index is -0.324. The maximum atomic E-state index is 12.1. The average Bonchev–Trinajstić information content (AvgIpc) is 3.43. The molecule has 0 unspecified atom stereocenters. The van der Waals surface area contributed by atoms with E-state index in [4.69, 9.17) is 4.74 Å². The number of carbonyl (C=O) groups excluding carboxylic acids is 1. The van der Waals surface area contributed by atoms with E-state index in [1.54, 1.807) is 0 Å². The molecule has 1 heterocycles. The molecule has 1 aromatic rings. The molecule has 0 aromatic heterocycles. The lowest BCUT2D eigenvalue weighted by atomic mass is 9.97. The highest BCUT2D eigenvalue weighted by atomic mass is 16.5. The molecule has 1 amide bonds. The molecular formula is C20H30N2O2. The molecule has 1 aliphatic carbocycles. The normalized spacial score (nSPS) is 23.0. The number of likely N-dealkylation sites (tertiary alicyclic amines) is 1. The third-order valence-corrected chi connectivity index (χ3v) is 5.07. The lowest BCUT2D eigenvalue weighted by Crippen LogP contribution is -2.43. The van der Waals surface area contributed by atoms with Crippen molar-refractivity contribution in [3.8, 4) is 0 Å². The van der Waals surface area contributed by atoms with Gasteiger partial charge in [-0.05, 0) is 56.6 Å². The smallest absolute Gasteiger partial charge is 0.248 e. The minimum absolute atomic E-state index is 0.0378. The van der Waals surface area contributed by atoms with Crippen LogP contribution in [0.3, 0.4) is 0 Å². The van der Waals surface area contributed by atoms with Gasteiger partial charge in [-0.3, -0.25) is 9.69 Å². The average molecular weight is 330 g/mol. The predicted molar refractivity (Wildman–Crippen MR) is 95.6 cm³/mol. The fraction of sp³-hybridized carbons (Fsp3) is 0.650. The highest BCUT2D eigenvalue weighted by Gasteiger charge is 2.25. The van der Waals surface area contributed by atoms with E-state index in [1.807, 2.05) is 6.92 Å². The van der Waals surface area contributed by atoms with Crippen LogP contribution in [0.2, 0.25) is 0 Å². The first-order valence-electron chi connectivity index (χ1n) is 9.36. The minimum Gasteiger partial charge on any atom is -0.368 e. The van der Waals surface area contributed by atoms with Gasteiger partial charge in [0.05, 0.1) is 6.61 Å². The van der Waals surface area contributed by atoms with Gasteiger partial charge < -0.3 is 10.1 Å². The SMILES string of the molecule is C[C@@H](OCC1CC1)C(=O)NC[C@H]1CCCN(Cc2ccccc2)C1. The molecule has 0 bridgehead atoms. The van der Waals surface area contributed by atoms with E-state index < -0.39 is 0 Å². The van der Waals surface area contributed by atoms with Crippen LogP contribution in [0.25, 0.3) is 0 Å². The summed E-state index contributed by atoms with van der Waals surface area (Å²) in [6, 6.07) is 10.6. The predicted octanol–water partition coefficient (Wildman–Crippen LogP) is 2.83. The van der Waals surface area contributed by atoms with E-state index in [9.17, 15) is 4.79 Å². The summed E-state index contributed by atoms with van der Waals surface area (Å²) < 4.78 is 5.65. The lowest BCUT2D eigenvalue weighted by Gasteiger charge is -2.33. The summed E-state index contributed by atoms with van der Waals surface area (Å²) in [7, 11) is 0. The summed E-state index contributed by atoms with van der Waals surface area (Å²) in [5.41, 5.74) is 1.37. The van der Waals surface area contributed by atoms with Crippen LogP contribution in [0.15, 0.2) is 30.3 Å². The Bertz CT molecular complexity index is 516. The molecule has 0 radical (unpaired) electrons. The Morgan fingerprint density at radius 2 is 2.04 bits per heavy atom. The number of benzene rings is 1. The molecule has 24 heavy (non-hydrogen) atoms. The Morgan fingerprint density at radius 3 is 2.79 bits per heavy atom. The molecule has 2 fully saturated rings. The van der Waals surface area contributed by atoms with Crippen LogP contribution >= 0.6 is 0 Å².